The van der Waals surface area contributed by atoms with E-state index < -0.39 is 24.1 Å². The Morgan fingerprint density at radius 2 is 1.95 bits per heavy atom. The van der Waals surface area contributed by atoms with E-state index in [1.54, 1.807) is 31.4 Å². The Morgan fingerprint density at radius 3 is 2.52 bits per heavy atom. The number of aliphatic hydroxyl groups is 1. The molecule has 1 aromatic carbocycles. The molecule has 1 aliphatic heterocycles. The smallest absolute Gasteiger partial charge is 0.328 e. The van der Waals surface area contributed by atoms with Crippen LogP contribution in [0, 0.1) is 0 Å². The normalized spacial score (nSPS) is 21.0. The van der Waals surface area contributed by atoms with Gasteiger partial charge < -0.3 is 24.8 Å². The zero-order chi connectivity index (χ0) is 15.4. The van der Waals surface area contributed by atoms with Gasteiger partial charge in [-0.3, -0.25) is 0 Å². The molecule has 0 radical (unpaired) electrons. The molecular formula is C14H18N2O5. The summed E-state index contributed by atoms with van der Waals surface area (Å²) in [7, 11) is 2.81. The van der Waals surface area contributed by atoms with Gasteiger partial charge in [-0.25, -0.2) is 9.59 Å². The molecular weight excluding hydrogens is 276 g/mol. The first kappa shape index (κ1) is 15.1. The van der Waals surface area contributed by atoms with E-state index in [4.69, 9.17) is 4.74 Å². The van der Waals surface area contributed by atoms with Crippen LogP contribution < -0.4 is 10.1 Å². The molecule has 0 aliphatic carbocycles. The van der Waals surface area contributed by atoms with Crippen molar-refractivity contribution in [2.45, 2.75) is 18.6 Å². The van der Waals surface area contributed by atoms with Crippen LogP contribution in [0.15, 0.2) is 24.3 Å². The van der Waals surface area contributed by atoms with Crippen molar-refractivity contribution in [1.82, 2.24) is 4.90 Å². The third kappa shape index (κ3) is 3.43. The zero-order valence-electron chi connectivity index (χ0n) is 11.9. The number of aliphatic hydroxyl groups excluding tert-OH is 1. The van der Waals surface area contributed by atoms with Gasteiger partial charge in [0.1, 0.15) is 11.8 Å². The standard InChI is InChI=1S/C14H18N2O5/c1-20-11-5-3-9(4-6-11)15-14(19)16-8-10(17)7-12(16)13(18)21-2/h3-6,10,12,17H,7-8H2,1-2H3,(H,15,19). The van der Waals surface area contributed by atoms with Gasteiger partial charge in [-0.2, -0.15) is 0 Å². The molecule has 2 unspecified atom stereocenters. The number of benzene rings is 1. The van der Waals surface area contributed by atoms with Crippen molar-refractivity contribution < 1.29 is 24.2 Å². The molecule has 1 saturated heterocycles. The topological polar surface area (TPSA) is 88.1 Å². The number of rotatable bonds is 3. The second-order valence-electron chi connectivity index (χ2n) is 4.74. The van der Waals surface area contributed by atoms with Crippen molar-refractivity contribution in [1.29, 1.82) is 0 Å². The SMILES string of the molecule is COC(=O)C1CC(O)CN1C(=O)Nc1ccc(OC)cc1. The first-order valence-corrected chi connectivity index (χ1v) is 6.52. The Labute approximate surface area is 122 Å². The van der Waals surface area contributed by atoms with E-state index in [1.807, 2.05) is 0 Å². The van der Waals surface area contributed by atoms with Crippen molar-refractivity contribution >= 4 is 17.7 Å². The fraction of sp³-hybridized carbons (Fsp3) is 0.429. The third-order valence-electron chi connectivity index (χ3n) is 3.35. The van der Waals surface area contributed by atoms with Crippen LogP contribution in [0.1, 0.15) is 6.42 Å². The lowest BCUT2D eigenvalue weighted by molar-refractivity contribution is -0.144. The number of nitrogens with zero attached hydrogens (tertiary/aromatic N) is 1. The molecule has 1 aliphatic rings. The summed E-state index contributed by atoms with van der Waals surface area (Å²) in [5.74, 6) is 0.147. The van der Waals surface area contributed by atoms with Gasteiger partial charge in [0.05, 0.1) is 20.3 Å². The van der Waals surface area contributed by atoms with Gasteiger partial charge in [0, 0.05) is 18.7 Å². The van der Waals surface area contributed by atoms with E-state index >= 15 is 0 Å². The molecule has 2 rings (SSSR count). The molecule has 2 amide bonds. The summed E-state index contributed by atoms with van der Waals surface area (Å²) in [5.41, 5.74) is 0.575. The van der Waals surface area contributed by atoms with E-state index in [0.717, 1.165) is 0 Å². The predicted molar refractivity (Wildman–Crippen MR) is 75.1 cm³/mol. The van der Waals surface area contributed by atoms with Gasteiger partial charge in [0.2, 0.25) is 0 Å². The third-order valence-corrected chi connectivity index (χ3v) is 3.35. The maximum atomic E-state index is 12.2. The maximum Gasteiger partial charge on any atom is 0.328 e. The van der Waals surface area contributed by atoms with Crippen LogP contribution in [-0.4, -0.2) is 54.9 Å². The van der Waals surface area contributed by atoms with Crippen LogP contribution in [0.3, 0.4) is 0 Å². The minimum Gasteiger partial charge on any atom is -0.497 e. The summed E-state index contributed by atoms with van der Waals surface area (Å²) in [4.78, 5) is 25.1. The van der Waals surface area contributed by atoms with E-state index in [1.165, 1.54) is 12.0 Å². The number of methoxy groups -OCH3 is 2. The number of ether oxygens (including phenoxy) is 2. The first-order chi connectivity index (χ1) is 10.0. The average molecular weight is 294 g/mol. The molecule has 0 spiro atoms. The van der Waals surface area contributed by atoms with Crippen LogP contribution in [0.4, 0.5) is 10.5 Å². The number of nitrogens with one attached hydrogen (secondary N) is 1. The molecule has 1 aromatic rings. The number of carbonyl (C=O) groups is 2. The molecule has 0 aromatic heterocycles. The molecule has 1 heterocycles. The lowest BCUT2D eigenvalue weighted by atomic mass is 10.2. The van der Waals surface area contributed by atoms with Gasteiger partial charge in [-0.15, -0.1) is 0 Å². The highest BCUT2D eigenvalue weighted by Crippen LogP contribution is 2.21. The van der Waals surface area contributed by atoms with E-state index in [9.17, 15) is 14.7 Å². The lowest BCUT2D eigenvalue weighted by Gasteiger charge is -2.22. The summed E-state index contributed by atoms with van der Waals surface area (Å²) in [6.07, 6.45) is -0.543. The summed E-state index contributed by atoms with van der Waals surface area (Å²) in [6.45, 7) is 0.0990. The van der Waals surface area contributed by atoms with Crippen molar-refractivity contribution in [2.24, 2.45) is 0 Å². The van der Waals surface area contributed by atoms with E-state index in [0.29, 0.717) is 11.4 Å². The number of β-amino-alcohol motifs (C(OH)–C–C–N with tert-alkyl or cyclic N) is 1. The minimum absolute atomic E-state index is 0.0990. The second kappa shape index (κ2) is 6.45. The predicted octanol–water partition coefficient (Wildman–Crippen LogP) is 0.835. The summed E-state index contributed by atoms with van der Waals surface area (Å²) < 4.78 is 9.69. The molecule has 1 fully saturated rings. The summed E-state index contributed by atoms with van der Waals surface area (Å²) >= 11 is 0. The Balaban J connectivity index is 2.05. The number of hydrogen-bond donors (Lipinski definition) is 2. The monoisotopic (exact) mass is 294 g/mol. The highest BCUT2D eigenvalue weighted by atomic mass is 16.5. The fourth-order valence-electron chi connectivity index (χ4n) is 2.27. The zero-order valence-corrected chi connectivity index (χ0v) is 11.9. The number of hydrogen-bond acceptors (Lipinski definition) is 5. The van der Waals surface area contributed by atoms with Gasteiger partial charge in [-0.05, 0) is 24.3 Å². The number of amides is 2. The largest absolute Gasteiger partial charge is 0.497 e. The Kier molecular flexibility index (Phi) is 4.64. The van der Waals surface area contributed by atoms with Crippen LogP contribution in [0.2, 0.25) is 0 Å². The van der Waals surface area contributed by atoms with Gasteiger partial charge in [0.15, 0.2) is 0 Å². The number of esters is 1. The Morgan fingerprint density at radius 1 is 1.29 bits per heavy atom. The number of anilines is 1. The average Bonchev–Trinajstić information content (AvgIpc) is 2.89. The quantitative estimate of drug-likeness (QED) is 0.806. The maximum absolute atomic E-state index is 12.2. The molecule has 7 nitrogen and oxygen atoms in total. The Hall–Kier alpha value is -2.28. The number of carbonyl (C=O) groups excluding carboxylic acids is 2. The molecule has 7 heteroatoms. The molecule has 2 N–H and O–H groups in total. The van der Waals surface area contributed by atoms with Crippen LogP contribution in [-0.2, 0) is 9.53 Å². The van der Waals surface area contributed by atoms with E-state index in [2.05, 4.69) is 10.1 Å². The van der Waals surface area contributed by atoms with Crippen molar-refractivity contribution in [3.63, 3.8) is 0 Å². The highest BCUT2D eigenvalue weighted by Gasteiger charge is 2.39. The van der Waals surface area contributed by atoms with Crippen molar-refractivity contribution in [3.8, 4) is 5.75 Å². The Bertz CT molecular complexity index is 517. The fourth-order valence-corrected chi connectivity index (χ4v) is 2.27. The van der Waals surface area contributed by atoms with Crippen molar-refractivity contribution in [2.75, 3.05) is 26.1 Å². The summed E-state index contributed by atoms with van der Waals surface area (Å²) in [6, 6.07) is 5.60. The lowest BCUT2D eigenvalue weighted by Crippen LogP contribution is -2.43. The van der Waals surface area contributed by atoms with Crippen LogP contribution in [0.25, 0.3) is 0 Å². The van der Waals surface area contributed by atoms with E-state index in [-0.39, 0.29) is 13.0 Å². The molecule has 2 atom stereocenters. The number of urea groups is 1. The highest BCUT2D eigenvalue weighted by molar-refractivity contribution is 5.93. The molecule has 0 saturated carbocycles. The molecule has 0 bridgehead atoms. The number of likely N-dealkylation sites (tertiary alicyclic amines) is 1. The van der Waals surface area contributed by atoms with Gasteiger partial charge >= 0.3 is 12.0 Å². The van der Waals surface area contributed by atoms with Crippen LogP contribution in [0.5, 0.6) is 5.75 Å². The first-order valence-electron chi connectivity index (χ1n) is 6.52. The minimum atomic E-state index is -0.761. The van der Waals surface area contributed by atoms with Crippen LogP contribution >= 0.6 is 0 Å². The second-order valence-corrected chi connectivity index (χ2v) is 4.74. The van der Waals surface area contributed by atoms with Gasteiger partial charge in [0.25, 0.3) is 0 Å². The molecule has 114 valence electrons. The van der Waals surface area contributed by atoms with Gasteiger partial charge in [-0.1, -0.05) is 0 Å². The molecule has 21 heavy (non-hydrogen) atoms. The van der Waals surface area contributed by atoms with Crippen molar-refractivity contribution in [3.05, 3.63) is 24.3 Å². The summed E-state index contributed by atoms with van der Waals surface area (Å²) in [5, 5.41) is 12.3.